The summed E-state index contributed by atoms with van der Waals surface area (Å²) in [6, 6.07) is 6.31. The number of rotatable bonds is 5. The van der Waals surface area contributed by atoms with Crippen LogP contribution in [0.4, 0.5) is 0 Å². The molecule has 1 unspecified atom stereocenters. The average molecular weight is 267 g/mol. The largest absolute Gasteiger partial charge is 0.487 e. The maximum Gasteiger partial charge on any atom is 0.127 e. The van der Waals surface area contributed by atoms with Crippen molar-refractivity contribution in [2.45, 2.75) is 32.4 Å². The van der Waals surface area contributed by atoms with Gasteiger partial charge in [0, 0.05) is 47.9 Å². The molecule has 0 saturated heterocycles. The standard InChI is InChI=1S/C14H21NO2S/c1-14(2)9-11-5-4-6-12(13(11)17-14)10-15-7-8-18(3)16/h4-6,15H,7-10H2,1-3H3. The Labute approximate surface area is 111 Å². The van der Waals surface area contributed by atoms with Crippen molar-refractivity contribution in [1.82, 2.24) is 5.32 Å². The maximum atomic E-state index is 11.0. The van der Waals surface area contributed by atoms with Crippen molar-refractivity contribution >= 4 is 10.8 Å². The summed E-state index contributed by atoms with van der Waals surface area (Å²) in [4.78, 5) is 0. The van der Waals surface area contributed by atoms with Crippen molar-refractivity contribution in [3.8, 4) is 5.75 Å². The van der Waals surface area contributed by atoms with Crippen LogP contribution in [0.25, 0.3) is 0 Å². The van der Waals surface area contributed by atoms with E-state index in [1.54, 1.807) is 6.26 Å². The number of fused-ring (bicyclic) bond motifs is 1. The first kappa shape index (κ1) is 13.6. The van der Waals surface area contributed by atoms with Crippen molar-refractivity contribution in [2.24, 2.45) is 0 Å². The first-order chi connectivity index (χ1) is 8.48. The van der Waals surface area contributed by atoms with Crippen molar-refractivity contribution < 1.29 is 8.95 Å². The van der Waals surface area contributed by atoms with E-state index in [1.807, 2.05) is 0 Å². The van der Waals surface area contributed by atoms with Crippen LogP contribution in [0.2, 0.25) is 0 Å². The fourth-order valence-corrected chi connectivity index (χ4v) is 2.69. The van der Waals surface area contributed by atoms with Crippen molar-refractivity contribution in [3.63, 3.8) is 0 Å². The zero-order chi connectivity index (χ0) is 13.2. The normalized spacial score (nSPS) is 18.2. The lowest BCUT2D eigenvalue weighted by Gasteiger charge is -2.18. The molecular formula is C14H21NO2S. The molecule has 0 aliphatic carbocycles. The van der Waals surface area contributed by atoms with Crippen LogP contribution in [0.1, 0.15) is 25.0 Å². The van der Waals surface area contributed by atoms with Gasteiger partial charge >= 0.3 is 0 Å². The summed E-state index contributed by atoms with van der Waals surface area (Å²) >= 11 is 0. The second kappa shape index (κ2) is 5.41. The number of benzene rings is 1. The number of nitrogens with one attached hydrogen (secondary N) is 1. The predicted octanol–water partition coefficient (Wildman–Crippen LogP) is 1.87. The molecule has 1 atom stereocenters. The molecule has 1 aliphatic heterocycles. The smallest absolute Gasteiger partial charge is 0.127 e. The first-order valence-corrected chi connectivity index (χ1v) is 8.01. The van der Waals surface area contributed by atoms with Crippen LogP contribution in [0, 0.1) is 0 Å². The third-order valence-corrected chi connectivity index (χ3v) is 3.83. The lowest BCUT2D eigenvalue weighted by atomic mass is 10.0. The fraction of sp³-hybridized carbons (Fsp3) is 0.571. The van der Waals surface area contributed by atoms with E-state index in [1.165, 1.54) is 11.1 Å². The molecule has 0 saturated carbocycles. The van der Waals surface area contributed by atoms with Crippen LogP contribution in [0.15, 0.2) is 18.2 Å². The summed E-state index contributed by atoms with van der Waals surface area (Å²) in [6.07, 6.45) is 2.70. The highest BCUT2D eigenvalue weighted by Gasteiger charge is 2.31. The molecule has 1 N–H and O–H groups in total. The lowest BCUT2D eigenvalue weighted by molar-refractivity contribution is 0.137. The third-order valence-electron chi connectivity index (χ3n) is 3.05. The highest BCUT2D eigenvalue weighted by molar-refractivity contribution is 7.84. The zero-order valence-electron chi connectivity index (χ0n) is 11.3. The lowest BCUT2D eigenvalue weighted by Crippen LogP contribution is -2.25. The van der Waals surface area contributed by atoms with E-state index in [4.69, 9.17) is 4.74 Å². The Balaban J connectivity index is 1.99. The molecule has 4 heteroatoms. The van der Waals surface area contributed by atoms with Crippen LogP contribution in [0.3, 0.4) is 0 Å². The van der Waals surface area contributed by atoms with Gasteiger partial charge in [-0.15, -0.1) is 0 Å². The van der Waals surface area contributed by atoms with Crippen molar-refractivity contribution in [1.29, 1.82) is 0 Å². The minimum Gasteiger partial charge on any atom is -0.487 e. The number of hydrogen-bond acceptors (Lipinski definition) is 3. The van der Waals surface area contributed by atoms with Crippen LogP contribution >= 0.6 is 0 Å². The van der Waals surface area contributed by atoms with E-state index >= 15 is 0 Å². The topological polar surface area (TPSA) is 38.3 Å². The number of para-hydroxylation sites is 1. The van der Waals surface area contributed by atoms with Gasteiger partial charge in [-0.1, -0.05) is 18.2 Å². The molecule has 0 radical (unpaired) electrons. The van der Waals surface area contributed by atoms with E-state index in [-0.39, 0.29) is 5.60 Å². The molecule has 1 aromatic carbocycles. The molecule has 0 aromatic heterocycles. The quantitative estimate of drug-likeness (QED) is 0.828. The second-order valence-electron chi connectivity index (χ2n) is 5.40. The van der Waals surface area contributed by atoms with E-state index in [0.717, 1.165) is 25.3 Å². The molecule has 0 bridgehead atoms. The summed E-state index contributed by atoms with van der Waals surface area (Å²) < 4.78 is 17.0. The molecule has 1 aromatic rings. The van der Waals surface area contributed by atoms with Gasteiger partial charge in [0.1, 0.15) is 11.4 Å². The predicted molar refractivity (Wildman–Crippen MR) is 75.5 cm³/mol. The first-order valence-electron chi connectivity index (χ1n) is 6.28. The van der Waals surface area contributed by atoms with Crippen molar-refractivity contribution in [3.05, 3.63) is 29.3 Å². The Bertz CT molecular complexity index is 457. The summed E-state index contributed by atoms with van der Waals surface area (Å²) in [7, 11) is -0.729. The van der Waals surface area contributed by atoms with E-state index < -0.39 is 10.8 Å². The molecule has 100 valence electrons. The van der Waals surface area contributed by atoms with Crippen LogP contribution in [-0.4, -0.2) is 28.4 Å². The fourth-order valence-electron chi connectivity index (χ4n) is 2.26. The average Bonchev–Trinajstić information content (AvgIpc) is 2.58. The van der Waals surface area contributed by atoms with E-state index in [2.05, 4.69) is 37.4 Å². The molecule has 2 rings (SSSR count). The Hall–Kier alpha value is -0.870. The Morgan fingerprint density at radius 2 is 2.22 bits per heavy atom. The molecule has 0 spiro atoms. The van der Waals surface area contributed by atoms with Gasteiger partial charge in [-0.3, -0.25) is 4.21 Å². The number of ether oxygens (including phenoxy) is 1. The Morgan fingerprint density at radius 3 is 2.94 bits per heavy atom. The van der Waals surface area contributed by atoms with Crippen LogP contribution < -0.4 is 10.1 Å². The van der Waals surface area contributed by atoms with Gasteiger partial charge in [0.2, 0.25) is 0 Å². The molecule has 0 fully saturated rings. The van der Waals surface area contributed by atoms with Gasteiger partial charge in [0.15, 0.2) is 0 Å². The highest BCUT2D eigenvalue weighted by Crippen LogP contribution is 2.37. The third kappa shape index (κ3) is 3.33. The van der Waals surface area contributed by atoms with Crippen molar-refractivity contribution in [2.75, 3.05) is 18.6 Å². The minimum atomic E-state index is -0.729. The zero-order valence-corrected chi connectivity index (χ0v) is 12.1. The summed E-state index contributed by atoms with van der Waals surface area (Å²) in [5.41, 5.74) is 2.39. The molecule has 18 heavy (non-hydrogen) atoms. The van der Waals surface area contributed by atoms with Gasteiger partial charge in [-0.2, -0.15) is 0 Å². The summed E-state index contributed by atoms with van der Waals surface area (Å²) in [6.45, 7) is 5.78. The molecule has 3 nitrogen and oxygen atoms in total. The minimum absolute atomic E-state index is 0.0939. The Morgan fingerprint density at radius 1 is 1.44 bits per heavy atom. The van der Waals surface area contributed by atoms with Crippen LogP contribution in [0.5, 0.6) is 5.75 Å². The maximum absolute atomic E-state index is 11.0. The van der Waals surface area contributed by atoms with E-state index in [0.29, 0.717) is 5.75 Å². The molecule has 1 aliphatic rings. The van der Waals surface area contributed by atoms with Gasteiger partial charge in [-0.05, 0) is 19.4 Å². The van der Waals surface area contributed by atoms with Gasteiger partial charge in [0.05, 0.1) is 0 Å². The SMILES string of the molecule is CS(=O)CCNCc1cccc2c1OC(C)(C)C2. The van der Waals surface area contributed by atoms with Gasteiger partial charge in [0.25, 0.3) is 0 Å². The summed E-state index contributed by atoms with van der Waals surface area (Å²) in [5, 5.41) is 3.32. The van der Waals surface area contributed by atoms with Gasteiger partial charge in [-0.25, -0.2) is 0 Å². The second-order valence-corrected chi connectivity index (χ2v) is 6.95. The summed E-state index contributed by atoms with van der Waals surface area (Å²) in [5.74, 6) is 1.73. The molecule has 0 amide bonds. The van der Waals surface area contributed by atoms with E-state index in [9.17, 15) is 4.21 Å². The molecular weight excluding hydrogens is 246 g/mol. The monoisotopic (exact) mass is 267 g/mol. The molecule has 1 heterocycles. The highest BCUT2D eigenvalue weighted by atomic mass is 32.2. The number of hydrogen-bond donors (Lipinski definition) is 1. The Kier molecular flexibility index (Phi) is 4.07. The van der Waals surface area contributed by atoms with Gasteiger partial charge < -0.3 is 10.1 Å². The van der Waals surface area contributed by atoms with Crippen LogP contribution in [-0.2, 0) is 23.8 Å².